The zero-order valence-electron chi connectivity index (χ0n) is 9.78. The van der Waals surface area contributed by atoms with Crippen molar-refractivity contribution in [3.8, 4) is 17.6 Å². The molecule has 0 fully saturated rings. The van der Waals surface area contributed by atoms with Crippen molar-refractivity contribution in [2.24, 2.45) is 0 Å². The summed E-state index contributed by atoms with van der Waals surface area (Å²) in [7, 11) is 5.00. The molecule has 0 radical (unpaired) electrons. The van der Waals surface area contributed by atoms with E-state index in [0.29, 0.717) is 18.0 Å². The van der Waals surface area contributed by atoms with Crippen LogP contribution in [0.1, 0.15) is 11.5 Å². The monoisotopic (exact) mass is 220 g/mol. The molecule has 4 nitrogen and oxygen atoms in total. The number of methoxy groups -OCH3 is 2. The van der Waals surface area contributed by atoms with E-state index >= 15 is 0 Å². The number of rotatable bonds is 5. The third kappa shape index (κ3) is 2.65. The van der Waals surface area contributed by atoms with E-state index in [4.69, 9.17) is 14.7 Å². The van der Waals surface area contributed by atoms with Crippen LogP contribution in [-0.2, 0) is 0 Å². The molecule has 0 bridgehead atoms. The Labute approximate surface area is 95.8 Å². The zero-order valence-corrected chi connectivity index (χ0v) is 9.78. The van der Waals surface area contributed by atoms with Gasteiger partial charge in [0.2, 0.25) is 0 Å². The molecular formula is C12H16N2O2. The molecule has 16 heavy (non-hydrogen) atoms. The molecule has 0 aliphatic heterocycles. The number of hydrogen-bond donors (Lipinski definition) is 1. The first-order valence-corrected chi connectivity index (χ1v) is 5.03. The van der Waals surface area contributed by atoms with Crippen molar-refractivity contribution in [2.45, 2.75) is 5.92 Å². The van der Waals surface area contributed by atoms with E-state index < -0.39 is 0 Å². The summed E-state index contributed by atoms with van der Waals surface area (Å²) in [5, 5.41) is 12.0. The summed E-state index contributed by atoms with van der Waals surface area (Å²) in [6, 6.07) is 7.78. The standard InChI is InChI=1S/C12H16N2O2/c1-14-8-10(7-13)9-4-5-11(15-2)12(6-9)16-3/h4-6,10,14H,8H2,1-3H3. The molecule has 1 aromatic carbocycles. The molecule has 86 valence electrons. The highest BCUT2D eigenvalue weighted by molar-refractivity contribution is 5.45. The Morgan fingerprint density at radius 2 is 2.00 bits per heavy atom. The summed E-state index contributed by atoms with van der Waals surface area (Å²) in [5.41, 5.74) is 0.925. The van der Waals surface area contributed by atoms with Crippen LogP contribution in [-0.4, -0.2) is 27.8 Å². The van der Waals surface area contributed by atoms with Crippen LogP contribution in [0.15, 0.2) is 18.2 Å². The average molecular weight is 220 g/mol. The second-order valence-corrected chi connectivity index (χ2v) is 3.35. The molecule has 1 N–H and O–H groups in total. The van der Waals surface area contributed by atoms with Gasteiger partial charge < -0.3 is 14.8 Å². The lowest BCUT2D eigenvalue weighted by molar-refractivity contribution is 0.354. The third-order valence-corrected chi connectivity index (χ3v) is 2.37. The van der Waals surface area contributed by atoms with E-state index in [1.54, 1.807) is 14.2 Å². The maximum Gasteiger partial charge on any atom is 0.161 e. The van der Waals surface area contributed by atoms with Gasteiger partial charge in [-0.05, 0) is 24.7 Å². The molecule has 1 rings (SSSR count). The Kier molecular flexibility index (Phi) is 4.62. The number of nitrogens with one attached hydrogen (secondary N) is 1. The van der Waals surface area contributed by atoms with Crippen LogP contribution >= 0.6 is 0 Å². The van der Waals surface area contributed by atoms with Gasteiger partial charge in [0.15, 0.2) is 11.5 Å². The fourth-order valence-corrected chi connectivity index (χ4v) is 1.51. The Bertz CT molecular complexity index is 385. The lowest BCUT2D eigenvalue weighted by Crippen LogP contribution is -2.15. The smallest absolute Gasteiger partial charge is 0.161 e. The summed E-state index contributed by atoms with van der Waals surface area (Å²) in [6.07, 6.45) is 0. The van der Waals surface area contributed by atoms with Gasteiger partial charge in [-0.15, -0.1) is 0 Å². The predicted molar refractivity (Wildman–Crippen MR) is 61.8 cm³/mol. The highest BCUT2D eigenvalue weighted by atomic mass is 16.5. The number of ether oxygens (including phenoxy) is 2. The van der Waals surface area contributed by atoms with Gasteiger partial charge in [0.25, 0.3) is 0 Å². The number of benzene rings is 1. The van der Waals surface area contributed by atoms with Gasteiger partial charge in [0.05, 0.1) is 26.2 Å². The number of likely N-dealkylation sites (N-methyl/N-ethyl adjacent to an activating group) is 1. The minimum atomic E-state index is -0.176. The van der Waals surface area contributed by atoms with Gasteiger partial charge in [-0.2, -0.15) is 5.26 Å². The van der Waals surface area contributed by atoms with Crippen molar-refractivity contribution < 1.29 is 9.47 Å². The molecule has 4 heteroatoms. The number of nitriles is 1. The van der Waals surface area contributed by atoms with E-state index in [1.807, 2.05) is 25.2 Å². The van der Waals surface area contributed by atoms with E-state index in [2.05, 4.69) is 11.4 Å². The minimum absolute atomic E-state index is 0.176. The van der Waals surface area contributed by atoms with Crippen molar-refractivity contribution in [3.05, 3.63) is 23.8 Å². The molecule has 0 spiro atoms. The Morgan fingerprint density at radius 3 is 2.50 bits per heavy atom. The fraction of sp³-hybridized carbons (Fsp3) is 0.417. The average Bonchev–Trinajstić information content (AvgIpc) is 2.35. The van der Waals surface area contributed by atoms with Crippen LogP contribution in [0.2, 0.25) is 0 Å². The van der Waals surface area contributed by atoms with Crippen LogP contribution in [0.25, 0.3) is 0 Å². The van der Waals surface area contributed by atoms with Gasteiger partial charge in [-0.25, -0.2) is 0 Å². The summed E-state index contributed by atoms with van der Waals surface area (Å²) < 4.78 is 10.3. The Hall–Kier alpha value is -1.73. The van der Waals surface area contributed by atoms with E-state index in [0.717, 1.165) is 5.56 Å². The van der Waals surface area contributed by atoms with Crippen LogP contribution in [0.5, 0.6) is 11.5 Å². The van der Waals surface area contributed by atoms with Gasteiger partial charge in [0.1, 0.15) is 0 Å². The minimum Gasteiger partial charge on any atom is -0.493 e. The first-order valence-electron chi connectivity index (χ1n) is 5.03. The van der Waals surface area contributed by atoms with Crippen molar-refractivity contribution >= 4 is 0 Å². The largest absolute Gasteiger partial charge is 0.493 e. The third-order valence-electron chi connectivity index (χ3n) is 2.37. The molecule has 0 saturated carbocycles. The van der Waals surface area contributed by atoms with Gasteiger partial charge in [-0.1, -0.05) is 6.07 Å². The molecule has 1 unspecified atom stereocenters. The molecule has 1 atom stereocenters. The highest BCUT2D eigenvalue weighted by Crippen LogP contribution is 2.30. The topological polar surface area (TPSA) is 54.3 Å². The molecule has 0 saturated heterocycles. The lowest BCUT2D eigenvalue weighted by Gasteiger charge is -2.12. The van der Waals surface area contributed by atoms with Crippen molar-refractivity contribution in [3.63, 3.8) is 0 Å². The lowest BCUT2D eigenvalue weighted by atomic mass is 10.0. The summed E-state index contributed by atoms with van der Waals surface area (Å²) in [6.45, 7) is 0.617. The fourth-order valence-electron chi connectivity index (χ4n) is 1.51. The molecule has 0 amide bonds. The maximum atomic E-state index is 9.04. The predicted octanol–water partition coefficient (Wildman–Crippen LogP) is 1.53. The van der Waals surface area contributed by atoms with Crippen LogP contribution in [0, 0.1) is 11.3 Å². The molecule has 0 aromatic heterocycles. The van der Waals surface area contributed by atoms with Gasteiger partial charge >= 0.3 is 0 Å². The van der Waals surface area contributed by atoms with Crippen LogP contribution in [0.3, 0.4) is 0 Å². The normalized spacial score (nSPS) is 11.6. The van der Waals surface area contributed by atoms with Crippen molar-refractivity contribution in [1.29, 1.82) is 5.26 Å². The van der Waals surface area contributed by atoms with E-state index in [1.165, 1.54) is 0 Å². The van der Waals surface area contributed by atoms with Gasteiger partial charge in [0, 0.05) is 6.54 Å². The Balaban J connectivity index is 3.02. The zero-order chi connectivity index (χ0) is 12.0. The van der Waals surface area contributed by atoms with Gasteiger partial charge in [-0.3, -0.25) is 0 Å². The van der Waals surface area contributed by atoms with E-state index in [-0.39, 0.29) is 5.92 Å². The second-order valence-electron chi connectivity index (χ2n) is 3.35. The second kappa shape index (κ2) is 5.99. The summed E-state index contributed by atoms with van der Waals surface area (Å²) in [4.78, 5) is 0. The van der Waals surface area contributed by atoms with E-state index in [9.17, 15) is 0 Å². The molecule has 0 aliphatic carbocycles. The Morgan fingerprint density at radius 1 is 1.31 bits per heavy atom. The SMILES string of the molecule is CNCC(C#N)c1ccc(OC)c(OC)c1. The van der Waals surface area contributed by atoms with Crippen molar-refractivity contribution in [2.75, 3.05) is 27.8 Å². The molecule has 0 aliphatic rings. The highest BCUT2D eigenvalue weighted by Gasteiger charge is 2.12. The first-order chi connectivity index (χ1) is 7.76. The maximum absolute atomic E-state index is 9.04. The quantitative estimate of drug-likeness (QED) is 0.817. The van der Waals surface area contributed by atoms with Crippen LogP contribution in [0.4, 0.5) is 0 Å². The first kappa shape index (κ1) is 12.3. The molecule has 1 aromatic rings. The number of nitrogens with zero attached hydrogens (tertiary/aromatic N) is 1. The summed E-state index contributed by atoms with van der Waals surface area (Å²) in [5.74, 6) is 1.15. The van der Waals surface area contributed by atoms with Crippen molar-refractivity contribution in [1.82, 2.24) is 5.32 Å². The molecule has 0 heterocycles. The molecular weight excluding hydrogens is 204 g/mol. The van der Waals surface area contributed by atoms with Crippen LogP contribution < -0.4 is 14.8 Å². The summed E-state index contributed by atoms with van der Waals surface area (Å²) >= 11 is 0. The number of hydrogen-bond acceptors (Lipinski definition) is 4.